The maximum absolute atomic E-state index is 8.35. The van der Waals surface area contributed by atoms with Crippen LogP contribution in [0.5, 0.6) is 0 Å². The summed E-state index contributed by atoms with van der Waals surface area (Å²) in [7, 11) is 0. The minimum absolute atomic E-state index is 0.0985. The molecule has 96 valence electrons. The molecule has 0 saturated carbocycles. The molecule has 0 amide bonds. The summed E-state index contributed by atoms with van der Waals surface area (Å²) in [4.78, 5) is 16.7. The molecule has 0 atom stereocenters. The Morgan fingerprint density at radius 2 is 1.44 bits per heavy atom. The summed E-state index contributed by atoms with van der Waals surface area (Å²) in [5.74, 6) is 0. The first-order valence-electron chi connectivity index (χ1n) is 5.17. The number of benzene rings is 1. The van der Waals surface area contributed by atoms with Crippen molar-refractivity contribution in [3.63, 3.8) is 0 Å². The second-order valence-corrected chi connectivity index (χ2v) is 3.98. The average Bonchev–Trinajstić information content (AvgIpc) is 2.32. The third-order valence-electron chi connectivity index (χ3n) is 2.56. The van der Waals surface area contributed by atoms with E-state index in [-0.39, 0.29) is 5.41 Å². The molecule has 1 rings (SSSR count). The van der Waals surface area contributed by atoms with Gasteiger partial charge < -0.3 is 0 Å². The van der Waals surface area contributed by atoms with Gasteiger partial charge in [-0.15, -0.1) is 0 Å². The van der Waals surface area contributed by atoms with Crippen molar-refractivity contribution in [3.8, 4) is 0 Å². The van der Waals surface area contributed by atoms with Crippen molar-refractivity contribution < 1.29 is 9.59 Å². The van der Waals surface area contributed by atoms with Crippen LogP contribution in [0.25, 0.3) is 0 Å². The summed E-state index contributed by atoms with van der Waals surface area (Å²) >= 11 is 0. The van der Waals surface area contributed by atoms with Gasteiger partial charge in [0.1, 0.15) is 0 Å². The van der Waals surface area contributed by atoms with Crippen LogP contribution in [0.15, 0.2) is 42.5 Å². The van der Waals surface area contributed by atoms with E-state index < -0.39 is 0 Å². The fourth-order valence-electron chi connectivity index (χ4n) is 1.10. The van der Waals surface area contributed by atoms with E-state index in [9.17, 15) is 0 Å². The zero-order valence-electron chi connectivity index (χ0n) is 10.9. The summed E-state index contributed by atoms with van der Waals surface area (Å²) < 4.78 is 0. The number of carbonyl (C=O) groups excluding carboxylic acids is 2. The SMILES string of the molecule is C=C(C)C(C)(C)c1ccccc1.N=C=O.N=C=O. The molecule has 0 bridgehead atoms. The Hall–Kier alpha value is -2.28. The molecule has 4 nitrogen and oxygen atoms in total. The molecule has 1 aromatic rings. The van der Waals surface area contributed by atoms with Crippen molar-refractivity contribution in [3.05, 3.63) is 48.0 Å². The molecule has 0 fully saturated rings. The lowest BCUT2D eigenvalue weighted by molar-refractivity contribution is 0.562. The van der Waals surface area contributed by atoms with Gasteiger partial charge in [-0.3, -0.25) is 0 Å². The molecule has 1 aromatic carbocycles. The van der Waals surface area contributed by atoms with E-state index in [1.54, 1.807) is 0 Å². The lowest BCUT2D eigenvalue weighted by Gasteiger charge is -2.25. The second-order valence-electron chi connectivity index (χ2n) is 3.98. The van der Waals surface area contributed by atoms with Gasteiger partial charge in [0, 0.05) is 5.41 Å². The number of nitrogens with one attached hydrogen (secondary N) is 2. The molecule has 4 heteroatoms. The number of hydrogen-bond acceptors (Lipinski definition) is 4. The van der Waals surface area contributed by atoms with Crippen LogP contribution in [0, 0.1) is 10.8 Å². The van der Waals surface area contributed by atoms with Gasteiger partial charge in [0.25, 0.3) is 0 Å². The van der Waals surface area contributed by atoms with Gasteiger partial charge in [-0.2, -0.15) is 0 Å². The molecular formula is C14H18N2O2. The van der Waals surface area contributed by atoms with Gasteiger partial charge in [-0.1, -0.05) is 56.3 Å². The Morgan fingerprint density at radius 3 is 1.72 bits per heavy atom. The Labute approximate surface area is 107 Å². The maximum Gasteiger partial charge on any atom is 0.231 e. The molecular weight excluding hydrogens is 228 g/mol. The summed E-state index contributed by atoms with van der Waals surface area (Å²) in [5.41, 5.74) is 2.63. The standard InChI is InChI=1S/C12H16.2CHNO/c1-10(2)12(3,4)11-8-6-5-7-9-11;2*2-1-3/h5-9H,1H2,2-4H3;2*2H. The summed E-state index contributed by atoms with van der Waals surface area (Å²) in [6.07, 6.45) is 1.50. The van der Waals surface area contributed by atoms with Crippen molar-refractivity contribution >= 4 is 12.2 Å². The predicted molar refractivity (Wildman–Crippen MR) is 71.1 cm³/mol. The number of isocyanates is 2. The fourth-order valence-corrected chi connectivity index (χ4v) is 1.10. The van der Waals surface area contributed by atoms with Crippen LogP contribution in [0.2, 0.25) is 0 Å². The quantitative estimate of drug-likeness (QED) is 0.476. The Kier molecular flexibility index (Phi) is 9.96. The van der Waals surface area contributed by atoms with E-state index in [0.717, 1.165) is 12.2 Å². The van der Waals surface area contributed by atoms with E-state index in [1.807, 2.05) is 6.07 Å². The first kappa shape index (κ1) is 18.1. The molecule has 0 aliphatic rings. The molecule has 0 aliphatic heterocycles. The first-order valence-corrected chi connectivity index (χ1v) is 5.17. The smallest absolute Gasteiger partial charge is 0.222 e. The molecule has 2 N–H and O–H groups in total. The molecule has 0 unspecified atom stereocenters. The lowest BCUT2D eigenvalue weighted by Crippen LogP contribution is -2.17. The van der Waals surface area contributed by atoms with Gasteiger partial charge in [0.2, 0.25) is 12.2 Å². The maximum atomic E-state index is 8.35. The highest BCUT2D eigenvalue weighted by molar-refractivity contribution is 5.31. The second kappa shape index (κ2) is 9.91. The van der Waals surface area contributed by atoms with E-state index in [4.69, 9.17) is 20.4 Å². The summed E-state index contributed by atoms with van der Waals surface area (Å²) in [6.45, 7) is 10.5. The van der Waals surface area contributed by atoms with Gasteiger partial charge >= 0.3 is 0 Å². The Balaban J connectivity index is 0. The molecule has 0 radical (unpaired) electrons. The normalized spacial score (nSPS) is 8.39. The van der Waals surface area contributed by atoms with E-state index in [1.165, 1.54) is 11.1 Å². The average molecular weight is 246 g/mol. The minimum Gasteiger partial charge on any atom is -0.222 e. The molecule has 0 saturated heterocycles. The topological polar surface area (TPSA) is 81.8 Å². The minimum atomic E-state index is 0.0985. The third kappa shape index (κ3) is 7.07. The van der Waals surface area contributed by atoms with Crippen LogP contribution in [-0.4, -0.2) is 12.2 Å². The zero-order chi connectivity index (χ0) is 14.6. The highest BCUT2D eigenvalue weighted by Gasteiger charge is 2.20. The van der Waals surface area contributed by atoms with Crippen LogP contribution < -0.4 is 0 Å². The molecule has 18 heavy (non-hydrogen) atoms. The lowest BCUT2D eigenvalue weighted by atomic mass is 9.79. The predicted octanol–water partition coefficient (Wildman–Crippen LogP) is 3.34. The monoisotopic (exact) mass is 246 g/mol. The van der Waals surface area contributed by atoms with E-state index >= 15 is 0 Å². The van der Waals surface area contributed by atoms with Gasteiger partial charge in [0.05, 0.1) is 0 Å². The van der Waals surface area contributed by atoms with E-state index in [2.05, 4.69) is 51.6 Å². The van der Waals surface area contributed by atoms with Crippen molar-refractivity contribution in [2.45, 2.75) is 26.2 Å². The summed E-state index contributed by atoms with van der Waals surface area (Å²) in [6, 6.07) is 10.5. The molecule has 0 heterocycles. The molecule has 0 spiro atoms. The highest BCUT2D eigenvalue weighted by Crippen LogP contribution is 2.29. The van der Waals surface area contributed by atoms with Gasteiger partial charge in [-0.25, -0.2) is 20.4 Å². The van der Waals surface area contributed by atoms with Crippen LogP contribution in [0.1, 0.15) is 26.3 Å². The van der Waals surface area contributed by atoms with Crippen molar-refractivity contribution in [1.82, 2.24) is 0 Å². The van der Waals surface area contributed by atoms with Crippen LogP contribution >= 0.6 is 0 Å². The van der Waals surface area contributed by atoms with Crippen LogP contribution in [0.4, 0.5) is 0 Å². The van der Waals surface area contributed by atoms with Crippen LogP contribution in [-0.2, 0) is 15.0 Å². The largest absolute Gasteiger partial charge is 0.231 e. The number of rotatable bonds is 2. The fraction of sp³-hybridized carbons (Fsp3) is 0.286. The highest BCUT2D eigenvalue weighted by atomic mass is 16.1. The van der Waals surface area contributed by atoms with Crippen molar-refractivity contribution in [1.29, 1.82) is 10.8 Å². The zero-order valence-corrected chi connectivity index (χ0v) is 10.9. The Bertz CT molecular complexity index is 412. The Morgan fingerprint density at radius 1 is 1.11 bits per heavy atom. The molecule has 0 aliphatic carbocycles. The van der Waals surface area contributed by atoms with Crippen LogP contribution in [0.3, 0.4) is 0 Å². The number of allylic oxidation sites excluding steroid dienone is 1. The van der Waals surface area contributed by atoms with Crippen molar-refractivity contribution in [2.75, 3.05) is 0 Å². The summed E-state index contributed by atoms with van der Waals surface area (Å²) in [5, 5.41) is 10.8. The van der Waals surface area contributed by atoms with Gasteiger partial charge in [0.15, 0.2) is 0 Å². The van der Waals surface area contributed by atoms with Crippen molar-refractivity contribution in [2.24, 2.45) is 0 Å². The first-order chi connectivity index (χ1) is 8.38. The number of hydrogen-bond donors (Lipinski definition) is 2. The van der Waals surface area contributed by atoms with E-state index in [0.29, 0.717) is 0 Å². The van der Waals surface area contributed by atoms with Gasteiger partial charge in [-0.05, 0) is 12.5 Å². The third-order valence-corrected chi connectivity index (χ3v) is 2.56. The molecule has 0 aromatic heterocycles.